The Balaban J connectivity index is 1.58. The molecule has 0 aliphatic heterocycles. The van der Waals surface area contributed by atoms with Crippen LogP contribution in [0.25, 0.3) is 0 Å². The Morgan fingerprint density at radius 1 is 0.625 bits per heavy atom. The molecule has 12 atom stereocenters. The molecule has 0 spiro atoms. The molecule has 8 bridgehead atoms. The molecule has 128 valence electrons. The van der Waals surface area contributed by atoms with Crippen molar-refractivity contribution in [3.8, 4) is 0 Å². The predicted octanol–water partition coefficient (Wildman–Crippen LogP) is 3.74. The van der Waals surface area contributed by atoms with Gasteiger partial charge >= 0.3 is 0 Å². The summed E-state index contributed by atoms with van der Waals surface area (Å²) in [6.07, 6.45) is 8.05. The molecule has 0 aromatic carbocycles. The molecular formula is C22H28O2. The Morgan fingerprint density at radius 2 is 0.917 bits per heavy atom. The number of ketones is 2. The van der Waals surface area contributed by atoms with Gasteiger partial charge in [0, 0.05) is 10.8 Å². The van der Waals surface area contributed by atoms with Gasteiger partial charge in [-0.1, -0.05) is 26.7 Å². The van der Waals surface area contributed by atoms with E-state index in [4.69, 9.17) is 0 Å². The second-order valence-electron chi connectivity index (χ2n) is 11.0. The lowest BCUT2D eigenvalue weighted by atomic mass is 9.55. The lowest BCUT2D eigenvalue weighted by Gasteiger charge is -2.46. The van der Waals surface area contributed by atoms with Gasteiger partial charge in [0.25, 0.3) is 0 Å². The number of hydrogen-bond donors (Lipinski definition) is 0. The van der Waals surface area contributed by atoms with Gasteiger partial charge in [-0.2, -0.15) is 0 Å². The van der Waals surface area contributed by atoms with Crippen LogP contribution < -0.4 is 0 Å². The zero-order valence-corrected chi connectivity index (χ0v) is 14.8. The maximum atomic E-state index is 13.6. The number of carbonyl (C=O) groups excluding carboxylic acids is 2. The van der Waals surface area contributed by atoms with Gasteiger partial charge in [0.1, 0.15) is 0 Å². The van der Waals surface area contributed by atoms with Crippen LogP contribution in [0.4, 0.5) is 0 Å². The number of Topliss-reactive ketones (excluding diaryl/α,β-unsaturated/α-hetero) is 2. The normalized spacial score (nSPS) is 70.4. The summed E-state index contributed by atoms with van der Waals surface area (Å²) in [6, 6.07) is 0. The van der Waals surface area contributed by atoms with E-state index < -0.39 is 0 Å². The Hall–Kier alpha value is -0.660. The Bertz CT molecular complexity index is 611. The summed E-state index contributed by atoms with van der Waals surface area (Å²) in [4.78, 5) is 27.1. The summed E-state index contributed by atoms with van der Waals surface area (Å²) in [5.41, 5.74) is -0.574. The first-order valence-corrected chi connectivity index (χ1v) is 10.6. The van der Waals surface area contributed by atoms with Crippen LogP contribution in [0.5, 0.6) is 0 Å². The highest BCUT2D eigenvalue weighted by Crippen LogP contribution is 2.86. The van der Waals surface area contributed by atoms with Crippen LogP contribution in [0, 0.1) is 70.0 Å². The number of carbonyl (C=O) groups is 2. The molecule has 8 saturated carbocycles. The topological polar surface area (TPSA) is 34.1 Å². The molecule has 0 aromatic rings. The van der Waals surface area contributed by atoms with Gasteiger partial charge in [0.05, 0.1) is 0 Å². The number of fused-ring (bicyclic) bond motifs is 3. The van der Waals surface area contributed by atoms with E-state index in [0.717, 1.165) is 35.5 Å². The lowest BCUT2D eigenvalue weighted by molar-refractivity contribution is -0.155. The highest BCUT2D eigenvalue weighted by Gasteiger charge is 2.87. The fraction of sp³-hybridized carbons (Fsp3) is 0.909. The Morgan fingerprint density at radius 3 is 1.21 bits per heavy atom. The maximum Gasteiger partial charge on any atom is 0.205 e. The van der Waals surface area contributed by atoms with Crippen LogP contribution in [-0.2, 0) is 9.59 Å². The third kappa shape index (κ3) is 0.971. The van der Waals surface area contributed by atoms with Crippen molar-refractivity contribution in [3.63, 3.8) is 0 Å². The quantitative estimate of drug-likeness (QED) is 0.636. The molecule has 2 nitrogen and oxygen atoms in total. The van der Waals surface area contributed by atoms with Crippen LogP contribution in [-0.4, -0.2) is 11.6 Å². The molecule has 0 radical (unpaired) electrons. The van der Waals surface area contributed by atoms with Crippen LogP contribution >= 0.6 is 0 Å². The van der Waals surface area contributed by atoms with E-state index >= 15 is 0 Å². The summed E-state index contributed by atoms with van der Waals surface area (Å²) in [5.74, 6) is 6.98. The molecule has 8 aliphatic rings. The molecular weight excluding hydrogens is 296 g/mol. The Kier molecular flexibility index (Phi) is 2.02. The molecule has 0 heterocycles. The first-order chi connectivity index (χ1) is 11.5. The predicted molar refractivity (Wildman–Crippen MR) is 88.8 cm³/mol. The third-order valence-corrected chi connectivity index (χ3v) is 11.2. The van der Waals surface area contributed by atoms with E-state index in [0.29, 0.717) is 23.7 Å². The second-order valence-corrected chi connectivity index (χ2v) is 11.0. The van der Waals surface area contributed by atoms with Crippen molar-refractivity contribution in [1.82, 2.24) is 0 Å². The van der Waals surface area contributed by atoms with Crippen LogP contribution in [0.15, 0.2) is 0 Å². The largest absolute Gasteiger partial charge is 0.290 e. The van der Waals surface area contributed by atoms with Gasteiger partial charge in [-0.05, 0) is 84.9 Å². The molecule has 8 aliphatic carbocycles. The highest BCUT2D eigenvalue weighted by atomic mass is 16.2. The fourth-order valence-corrected chi connectivity index (χ4v) is 11.3. The van der Waals surface area contributed by atoms with Crippen molar-refractivity contribution in [2.24, 2.45) is 70.0 Å². The maximum absolute atomic E-state index is 13.6. The first kappa shape index (κ1) is 13.5. The molecule has 0 saturated heterocycles. The average molecular weight is 324 g/mol. The summed E-state index contributed by atoms with van der Waals surface area (Å²) < 4.78 is 0. The van der Waals surface area contributed by atoms with Crippen molar-refractivity contribution in [3.05, 3.63) is 0 Å². The van der Waals surface area contributed by atoms with E-state index in [1.165, 1.54) is 38.5 Å². The van der Waals surface area contributed by atoms with Crippen molar-refractivity contribution in [2.75, 3.05) is 0 Å². The van der Waals surface area contributed by atoms with Crippen LogP contribution in [0.2, 0.25) is 0 Å². The average Bonchev–Trinajstić information content (AvgIpc) is 3.29. The van der Waals surface area contributed by atoms with E-state index in [2.05, 4.69) is 13.8 Å². The molecule has 2 heteroatoms. The number of rotatable bonds is 0. The summed E-state index contributed by atoms with van der Waals surface area (Å²) in [5, 5.41) is 0. The van der Waals surface area contributed by atoms with E-state index in [1.807, 2.05) is 0 Å². The minimum Gasteiger partial charge on any atom is -0.290 e. The molecule has 4 unspecified atom stereocenters. The minimum absolute atomic E-state index is 0.0909. The van der Waals surface area contributed by atoms with Crippen LogP contribution in [0.1, 0.15) is 52.4 Å². The highest BCUT2D eigenvalue weighted by molar-refractivity contribution is 6.42. The molecule has 8 fully saturated rings. The van der Waals surface area contributed by atoms with Crippen molar-refractivity contribution in [2.45, 2.75) is 52.4 Å². The van der Waals surface area contributed by atoms with Crippen molar-refractivity contribution in [1.29, 1.82) is 0 Å². The van der Waals surface area contributed by atoms with Crippen LogP contribution in [0.3, 0.4) is 0 Å². The summed E-state index contributed by atoms with van der Waals surface area (Å²) in [6.45, 7) is 4.56. The Labute approximate surface area is 144 Å². The van der Waals surface area contributed by atoms with E-state index in [1.54, 1.807) is 0 Å². The zero-order chi connectivity index (χ0) is 16.2. The molecule has 0 N–H and O–H groups in total. The molecule has 0 amide bonds. The van der Waals surface area contributed by atoms with Gasteiger partial charge in [0.15, 0.2) is 0 Å². The molecule has 24 heavy (non-hydrogen) atoms. The molecule has 8 rings (SSSR count). The number of hydrogen-bond acceptors (Lipinski definition) is 2. The first-order valence-electron chi connectivity index (χ1n) is 10.6. The minimum atomic E-state index is -0.287. The van der Waals surface area contributed by atoms with Gasteiger partial charge in [-0.25, -0.2) is 0 Å². The van der Waals surface area contributed by atoms with Crippen molar-refractivity contribution >= 4 is 11.6 Å². The van der Waals surface area contributed by atoms with Gasteiger partial charge in [-0.15, -0.1) is 0 Å². The van der Waals surface area contributed by atoms with Crippen molar-refractivity contribution < 1.29 is 9.59 Å². The van der Waals surface area contributed by atoms with E-state index in [9.17, 15) is 9.59 Å². The van der Waals surface area contributed by atoms with Gasteiger partial charge < -0.3 is 0 Å². The standard InChI is InChI=1S/C22H28O2/c1-21-15-9-5-3-7-11(9)17-13(15)14-16(21)10-6-4-8-12(10)18(14)22(17,2)20(24)19(21)23/h9-18H,3-8H2,1-2H3/t9-,10-,11-,12+,13?,14?,15+,16+,17-,18+,21?,22?/m1/s1. The lowest BCUT2D eigenvalue weighted by Crippen LogP contribution is -2.53. The smallest absolute Gasteiger partial charge is 0.205 e. The second kappa shape index (κ2) is 3.58. The van der Waals surface area contributed by atoms with E-state index in [-0.39, 0.29) is 22.4 Å². The third-order valence-electron chi connectivity index (χ3n) is 11.2. The SMILES string of the molecule is CC12C(=O)C(=O)C3(C)[C@@H]4C(C5[C@@H]1[C@@H]1CCC[C@H]1[C@H]53)[C@@H]2[C@@H]1CCC[C@@H]14. The summed E-state index contributed by atoms with van der Waals surface area (Å²) in [7, 11) is 0. The van der Waals surface area contributed by atoms with Gasteiger partial charge in [0.2, 0.25) is 11.6 Å². The van der Waals surface area contributed by atoms with Gasteiger partial charge in [-0.3, -0.25) is 9.59 Å². The zero-order valence-electron chi connectivity index (χ0n) is 14.8. The fourth-order valence-electron chi connectivity index (χ4n) is 11.3. The molecule has 0 aromatic heterocycles. The summed E-state index contributed by atoms with van der Waals surface area (Å²) >= 11 is 0. The monoisotopic (exact) mass is 324 g/mol.